The maximum absolute atomic E-state index is 9.02. The molecule has 0 heterocycles. The summed E-state index contributed by atoms with van der Waals surface area (Å²) < 4.78 is 0. The van der Waals surface area contributed by atoms with Gasteiger partial charge >= 0.3 is 0 Å². The number of halogens is 1. The van der Waals surface area contributed by atoms with Gasteiger partial charge in [0.2, 0.25) is 0 Å². The Bertz CT molecular complexity index is 403. The van der Waals surface area contributed by atoms with Gasteiger partial charge < -0.3 is 5.73 Å². The summed E-state index contributed by atoms with van der Waals surface area (Å²) in [6.07, 6.45) is 0. The van der Waals surface area contributed by atoms with Crippen LogP contribution in [0.2, 0.25) is 5.02 Å². The molecule has 1 aromatic carbocycles. The summed E-state index contributed by atoms with van der Waals surface area (Å²) in [5.74, 6) is 0. The Labute approximate surface area is 95.7 Å². The quantitative estimate of drug-likeness (QED) is 0.836. The molecular formula is C12H15ClN2. The molecule has 0 spiro atoms. The van der Waals surface area contributed by atoms with Gasteiger partial charge in [0.05, 0.1) is 11.5 Å². The van der Waals surface area contributed by atoms with Gasteiger partial charge in [-0.15, -0.1) is 0 Å². The number of hydrogen-bond donors (Lipinski definition) is 1. The zero-order chi connectivity index (χ0) is 11.6. The van der Waals surface area contributed by atoms with Crippen molar-refractivity contribution in [2.45, 2.75) is 32.2 Å². The van der Waals surface area contributed by atoms with Gasteiger partial charge in [0.15, 0.2) is 0 Å². The van der Waals surface area contributed by atoms with E-state index in [1.165, 1.54) is 0 Å². The molecule has 1 rings (SSSR count). The van der Waals surface area contributed by atoms with Crippen molar-refractivity contribution in [2.75, 3.05) is 0 Å². The highest BCUT2D eigenvalue weighted by Crippen LogP contribution is 2.30. The van der Waals surface area contributed by atoms with E-state index in [0.29, 0.717) is 5.02 Å². The van der Waals surface area contributed by atoms with E-state index in [-0.39, 0.29) is 6.04 Å². The average Bonchev–Trinajstić information content (AvgIpc) is 2.17. The fraction of sp³-hybridized carbons (Fsp3) is 0.417. The maximum atomic E-state index is 9.02. The van der Waals surface area contributed by atoms with Crippen LogP contribution in [0, 0.1) is 11.3 Å². The number of benzene rings is 1. The lowest BCUT2D eigenvalue weighted by Gasteiger charge is -2.18. The molecule has 2 N–H and O–H groups in total. The third-order valence-electron chi connectivity index (χ3n) is 2.47. The molecule has 0 aliphatic rings. The normalized spacial score (nSPS) is 13.3. The number of nitrogens with zero attached hydrogens (tertiary/aromatic N) is 1. The molecule has 1 aromatic rings. The molecule has 0 amide bonds. The molecule has 0 aromatic heterocycles. The van der Waals surface area contributed by atoms with Crippen LogP contribution in [-0.4, -0.2) is 0 Å². The Kier molecular flexibility index (Phi) is 3.38. The van der Waals surface area contributed by atoms with Crippen LogP contribution in [0.15, 0.2) is 18.2 Å². The van der Waals surface area contributed by atoms with E-state index in [0.717, 1.165) is 11.1 Å². The number of nitriles is 1. The molecule has 0 radical (unpaired) electrons. The summed E-state index contributed by atoms with van der Waals surface area (Å²) in [5, 5.41) is 9.62. The zero-order valence-electron chi connectivity index (χ0n) is 9.21. The predicted molar refractivity (Wildman–Crippen MR) is 62.7 cm³/mol. The first-order valence-electron chi connectivity index (χ1n) is 4.85. The number of hydrogen-bond acceptors (Lipinski definition) is 2. The van der Waals surface area contributed by atoms with Crippen molar-refractivity contribution in [3.8, 4) is 6.07 Å². The lowest BCUT2D eigenvalue weighted by molar-refractivity contribution is 0.685. The van der Waals surface area contributed by atoms with Crippen molar-refractivity contribution in [1.29, 1.82) is 5.26 Å². The summed E-state index contributed by atoms with van der Waals surface area (Å²) in [7, 11) is 0. The van der Waals surface area contributed by atoms with Crippen LogP contribution in [0.4, 0.5) is 0 Å². The van der Waals surface area contributed by atoms with Gasteiger partial charge in [-0.2, -0.15) is 5.26 Å². The molecule has 0 bridgehead atoms. The molecule has 15 heavy (non-hydrogen) atoms. The van der Waals surface area contributed by atoms with E-state index in [9.17, 15) is 0 Å². The standard InChI is InChI=1S/C12H15ClN2/c1-8(15)9-4-5-10(11(13)6-9)12(2,3)7-14/h4-6,8H,15H2,1-3H3. The van der Waals surface area contributed by atoms with Crippen molar-refractivity contribution < 1.29 is 0 Å². The summed E-state index contributed by atoms with van der Waals surface area (Å²) in [6, 6.07) is 7.83. The molecule has 1 unspecified atom stereocenters. The van der Waals surface area contributed by atoms with Crippen LogP contribution in [0.5, 0.6) is 0 Å². The van der Waals surface area contributed by atoms with Gasteiger partial charge in [0, 0.05) is 11.1 Å². The molecule has 1 atom stereocenters. The highest BCUT2D eigenvalue weighted by molar-refractivity contribution is 6.31. The lowest BCUT2D eigenvalue weighted by atomic mass is 9.85. The van der Waals surface area contributed by atoms with Crippen LogP contribution in [0.3, 0.4) is 0 Å². The minimum absolute atomic E-state index is 0.0400. The molecule has 0 aliphatic heterocycles. The second-order valence-corrected chi connectivity index (χ2v) is 4.67. The molecule has 0 fully saturated rings. The minimum Gasteiger partial charge on any atom is -0.324 e. The maximum Gasteiger partial charge on any atom is 0.0780 e. The third-order valence-corrected chi connectivity index (χ3v) is 2.78. The molecule has 80 valence electrons. The number of rotatable bonds is 2. The van der Waals surface area contributed by atoms with E-state index in [2.05, 4.69) is 6.07 Å². The van der Waals surface area contributed by atoms with Gasteiger partial charge in [0.25, 0.3) is 0 Å². The summed E-state index contributed by atoms with van der Waals surface area (Å²) in [6.45, 7) is 5.60. The van der Waals surface area contributed by atoms with Crippen molar-refractivity contribution in [1.82, 2.24) is 0 Å². The van der Waals surface area contributed by atoms with Crippen molar-refractivity contribution in [3.05, 3.63) is 34.3 Å². The topological polar surface area (TPSA) is 49.8 Å². The second kappa shape index (κ2) is 4.22. The Hall–Kier alpha value is -1.04. The number of nitrogens with two attached hydrogens (primary N) is 1. The first-order valence-corrected chi connectivity index (χ1v) is 5.23. The fourth-order valence-corrected chi connectivity index (χ4v) is 1.81. The van der Waals surface area contributed by atoms with Gasteiger partial charge in [-0.05, 0) is 38.0 Å². The van der Waals surface area contributed by atoms with E-state index < -0.39 is 5.41 Å². The molecule has 0 saturated carbocycles. The predicted octanol–water partition coefficient (Wildman–Crippen LogP) is 3.16. The molecule has 2 nitrogen and oxygen atoms in total. The fourth-order valence-electron chi connectivity index (χ4n) is 1.38. The van der Waals surface area contributed by atoms with Crippen LogP contribution >= 0.6 is 11.6 Å². The van der Waals surface area contributed by atoms with Gasteiger partial charge in [-0.3, -0.25) is 0 Å². The van der Waals surface area contributed by atoms with Crippen LogP contribution < -0.4 is 5.73 Å². The monoisotopic (exact) mass is 222 g/mol. The van der Waals surface area contributed by atoms with Gasteiger partial charge in [0.1, 0.15) is 0 Å². The van der Waals surface area contributed by atoms with Gasteiger partial charge in [-0.1, -0.05) is 23.7 Å². The van der Waals surface area contributed by atoms with Crippen LogP contribution in [0.25, 0.3) is 0 Å². The first kappa shape index (κ1) is 12.0. The minimum atomic E-state index is -0.562. The van der Waals surface area contributed by atoms with Crippen LogP contribution in [-0.2, 0) is 5.41 Å². The highest BCUT2D eigenvalue weighted by Gasteiger charge is 2.22. The Balaban J connectivity index is 3.21. The van der Waals surface area contributed by atoms with E-state index >= 15 is 0 Å². The summed E-state index contributed by atoms with van der Waals surface area (Å²) >= 11 is 6.13. The summed E-state index contributed by atoms with van der Waals surface area (Å²) in [4.78, 5) is 0. The molecule has 3 heteroatoms. The Morgan fingerprint density at radius 3 is 2.47 bits per heavy atom. The van der Waals surface area contributed by atoms with Gasteiger partial charge in [-0.25, -0.2) is 0 Å². The zero-order valence-corrected chi connectivity index (χ0v) is 9.97. The Morgan fingerprint density at radius 1 is 1.47 bits per heavy atom. The van der Waals surface area contributed by atoms with Crippen LogP contribution in [0.1, 0.15) is 37.9 Å². The lowest BCUT2D eigenvalue weighted by Crippen LogP contribution is -2.15. The smallest absolute Gasteiger partial charge is 0.0780 e. The molecule has 0 aliphatic carbocycles. The van der Waals surface area contributed by atoms with Crippen molar-refractivity contribution in [3.63, 3.8) is 0 Å². The molecule has 0 saturated heterocycles. The first-order chi connectivity index (χ1) is 6.88. The third kappa shape index (κ3) is 2.50. The average molecular weight is 223 g/mol. The SMILES string of the molecule is CC(N)c1ccc(C(C)(C)C#N)c(Cl)c1. The van der Waals surface area contributed by atoms with E-state index in [4.69, 9.17) is 22.6 Å². The van der Waals surface area contributed by atoms with E-state index in [1.807, 2.05) is 39.0 Å². The molecular weight excluding hydrogens is 208 g/mol. The second-order valence-electron chi connectivity index (χ2n) is 4.26. The van der Waals surface area contributed by atoms with Crippen molar-refractivity contribution >= 4 is 11.6 Å². The Morgan fingerprint density at radius 2 is 2.07 bits per heavy atom. The highest BCUT2D eigenvalue weighted by atomic mass is 35.5. The van der Waals surface area contributed by atoms with E-state index in [1.54, 1.807) is 0 Å². The summed E-state index contributed by atoms with van der Waals surface area (Å²) in [5.41, 5.74) is 7.02. The largest absolute Gasteiger partial charge is 0.324 e. The van der Waals surface area contributed by atoms with Crippen molar-refractivity contribution in [2.24, 2.45) is 5.73 Å².